The molecule has 1 heterocycles. The van der Waals surface area contributed by atoms with Gasteiger partial charge in [0, 0.05) is 18.3 Å². The molecule has 1 amide bonds. The SMILES string of the molecule is CC1CC(NC(=O)c2ccc(F)cc2N)CCO1. The van der Waals surface area contributed by atoms with Gasteiger partial charge in [-0.1, -0.05) is 0 Å². The van der Waals surface area contributed by atoms with Crippen LogP contribution in [0, 0.1) is 5.82 Å². The van der Waals surface area contributed by atoms with Crippen LogP contribution in [-0.2, 0) is 4.74 Å². The van der Waals surface area contributed by atoms with E-state index in [1.165, 1.54) is 12.1 Å². The van der Waals surface area contributed by atoms with Crippen molar-refractivity contribution in [2.45, 2.75) is 31.9 Å². The van der Waals surface area contributed by atoms with Gasteiger partial charge in [-0.15, -0.1) is 0 Å². The lowest BCUT2D eigenvalue weighted by Gasteiger charge is -2.28. The van der Waals surface area contributed by atoms with Crippen LogP contribution >= 0.6 is 0 Å². The van der Waals surface area contributed by atoms with Crippen molar-refractivity contribution in [3.63, 3.8) is 0 Å². The molecule has 1 aromatic rings. The van der Waals surface area contributed by atoms with E-state index in [1.807, 2.05) is 6.92 Å². The van der Waals surface area contributed by atoms with E-state index in [0.717, 1.165) is 18.9 Å². The number of ether oxygens (including phenoxy) is 1. The molecule has 1 aliphatic heterocycles. The fraction of sp³-hybridized carbons (Fsp3) is 0.462. The van der Waals surface area contributed by atoms with Gasteiger partial charge in [-0.2, -0.15) is 0 Å². The molecule has 0 aliphatic carbocycles. The minimum Gasteiger partial charge on any atom is -0.398 e. The van der Waals surface area contributed by atoms with Gasteiger partial charge in [-0.3, -0.25) is 4.79 Å². The molecular weight excluding hydrogens is 235 g/mol. The van der Waals surface area contributed by atoms with Gasteiger partial charge in [-0.05, 0) is 38.0 Å². The van der Waals surface area contributed by atoms with Crippen molar-refractivity contribution < 1.29 is 13.9 Å². The van der Waals surface area contributed by atoms with E-state index >= 15 is 0 Å². The molecule has 5 heteroatoms. The monoisotopic (exact) mass is 252 g/mol. The summed E-state index contributed by atoms with van der Waals surface area (Å²) in [5.74, 6) is -0.699. The van der Waals surface area contributed by atoms with Gasteiger partial charge in [0.05, 0.1) is 11.7 Å². The van der Waals surface area contributed by atoms with Crippen LogP contribution in [0.4, 0.5) is 10.1 Å². The highest BCUT2D eigenvalue weighted by atomic mass is 19.1. The van der Waals surface area contributed by atoms with Crippen LogP contribution in [0.15, 0.2) is 18.2 Å². The third-order valence-corrected chi connectivity index (χ3v) is 3.08. The second-order valence-electron chi connectivity index (χ2n) is 4.61. The lowest BCUT2D eigenvalue weighted by molar-refractivity contribution is 0.0137. The molecule has 0 bridgehead atoms. The van der Waals surface area contributed by atoms with E-state index in [0.29, 0.717) is 12.2 Å². The van der Waals surface area contributed by atoms with Gasteiger partial charge < -0.3 is 15.8 Å². The van der Waals surface area contributed by atoms with Crippen molar-refractivity contribution in [3.8, 4) is 0 Å². The number of nitrogen functional groups attached to an aromatic ring is 1. The highest BCUT2D eigenvalue weighted by Gasteiger charge is 2.22. The lowest BCUT2D eigenvalue weighted by Crippen LogP contribution is -2.41. The first kappa shape index (κ1) is 12.8. The van der Waals surface area contributed by atoms with E-state index in [9.17, 15) is 9.18 Å². The minimum absolute atomic E-state index is 0.0886. The van der Waals surface area contributed by atoms with Gasteiger partial charge in [0.15, 0.2) is 0 Å². The molecule has 2 rings (SSSR count). The highest BCUT2D eigenvalue weighted by molar-refractivity contribution is 5.99. The Morgan fingerprint density at radius 3 is 3.00 bits per heavy atom. The first-order valence-corrected chi connectivity index (χ1v) is 6.03. The average molecular weight is 252 g/mol. The second-order valence-corrected chi connectivity index (χ2v) is 4.61. The number of carbonyl (C=O) groups is 1. The number of amides is 1. The van der Waals surface area contributed by atoms with Gasteiger partial charge >= 0.3 is 0 Å². The number of nitrogens with one attached hydrogen (secondary N) is 1. The van der Waals surface area contributed by atoms with Crippen LogP contribution in [0.3, 0.4) is 0 Å². The summed E-state index contributed by atoms with van der Waals surface area (Å²) in [6, 6.07) is 3.88. The van der Waals surface area contributed by atoms with Crippen molar-refractivity contribution >= 4 is 11.6 Å². The van der Waals surface area contributed by atoms with Crippen LogP contribution in [0.1, 0.15) is 30.1 Å². The lowest BCUT2D eigenvalue weighted by atomic mass is 10.0. The number of hydrogen-bond acceptors (Lipinski definition) is 3. The Morgan fingerprint density at radius 2 is 2.33 bits per heavy atom. The number of nitrogens with two attached hydrogens (primary N) is 1. The van der Waals surface area contributed by atoms with Gasteiger partial charge in [0.1, 0.15) is 5.82 Å². The van der Waals surface area contributed by atoms with E-state index in [1.54, 1.807) is 0 Å². The quantitative estimate of drug-likeness (QED) is 0.787. The third-order valence-electron chi connectivity index (χ3n) is 3.08. The van der Waals surface area contributed by atoms with E-state index in [-0.39, 0.29) is 23.7 Å². The molecular formula is C13H17FN2O2. The van der Waals surface area contributed by atoms with E-state index < -0.39 is 5.82 Å². The molecule has 2 atom stereocenters. The summed E-state index contributed by atoms with van der Waals surface area (Å²) >= 11 is 0. The summed E-state index contributed by atoms with van der Waals surface area (Å²) in [4.78, 5) is 12.0. The zero-order chi connectivity index (χ0) is 13.1. The maximum absolute atomic E-state index is 12.9. The molecule has 1 aromatic carbocycles. The number of hydrogen-bond donors (Lipinski definition) is 2. The molecule has 3 N–H and O–H groups in total. The minimum atomic E-state index is -0.441. The third kappa shape index (κ3) is 2.98. The average Bonchev–Trinajstić information content (AvgIpc) is 2.28. The largest absolute Gasteiger partial charge is 0.398 e. The molecule has 0 radical (unpaired) electrons. The summed E-state index contributed by atoms with van der Waals surface area (Å²) in [5.41, 5.74) is 6.10. The smallest absolute Gasteiger partial charge is 0.253 e. The predicted octanol–water partition coefficient (Wildman–Crippen LogP) is 1.71. The fourth-order valence-electron chi connectivity index (χ4n) is 2.13. The molecule has 1 saturated heterocycles. The normalized spacial score (nSPS) is 23.7. The zero-order valence-corrected chi connectivity index (χ0v) is 10.3. The highest BCUT2D eigenvalue weighted by Crippen LogP contribution is 2.16. The molecule has 2 unspecified atom stereocenters. The van der Waals surface area contributed by atoms with Gasteiger partial charge in [0.2, 0.25) is 0 Å². The fourth-order valence-corrected chi connectivity index (χ4v) is 2.13. The van der Waals surface area contributed by atoms with Crippen molar-refractivity contribution in [2.75, 3.05) is 12.3 Å². The summed E-state index contributed by atoms with van der Waals surface area (Å²) < 4.78 is 18.3. The first-order valence-electron chi connectivity index (χ1n) is 6.03. The van der Waals surface area contributed by atoms with Crippen molar-refractivity contribution in [1.82, 2.24) is 5.32 Å². The summed E-state index contributed by atoms with van der Waals surface area (Å²) in [6.07, 6.45) is 1.72. The van der Waals surface area contributed by atoms with Gasteiger partial charge in [-0.25, -0.2) is 4.39 Å². The number of benzene rings is 1. The topological polar surface area (TPSA) is 64.4 Å². The molecule has 18 heavy (non-hydrogen) atoms. The van der Waals surface area contributed by atoms with Crippen LogP contribution in [0.5, 0.6) is 0 Å². The first-order chi connectivity index (χ1) is 8.56. The molecule has 0 aromatic heterocycles. The summed E-state index contributed by atoms with van der Waals surface area (Å²) in [7, 11) is 0. The van der Waals surface area contributed by atoms with Crippen molar-refractivity contribution in [1.29, 1.82) is 0 Å². The Kier molecular flexibility index (Phi) is 3.81. The Balaban J connectivity index is 2.03. The van der Waals surface area contributed by atoms with Crippen molar-refractivity contribution in [3.05, 3.63) is 29.6 Å². The Labute approximate surface area is 105 Å². The van der Waals surface area contributed by atoms with Crippen LogP contribution in [-0.4, -0.2) is 24.7 Å². The Morgan fingerprint density at radius 1 is 1.56 bits per heavy atom. The van der Waals surface area contributed by atoms with Crippen LogP contribution in [0.2, 0.25) is 0 Å². The number of anilines is 1. The van der Waals surface area contributed by atoms with E-state index in [2.05, 4.69) is 5.32 Å². The summed E-state index contributed by atoms with van der Waals surface area (Å²) in [5, 5.41) is 2.90. The zero-order valence-electron chi connectivity index (χ0n) is 10.3. The second kappa shape index (κ2) is 5.35. The van der Waals surface area contributed by atoms with Crippen LogP contribution in [0.25, 0.3) is 0 Å². The molecule has 1 fully saturated rings. The Hall–Kier alpha value is -1.62. The van der Waals surface area contributed by atoms with Crippen LogP contribution < -0.4 is 11.1 Å². The standard InChI is InChI=1S/C13H17FN2O2/c1-8-6-10(4-5-18-8)16-13(17)11-3-2-9(14)7-12(11)15/h2-3,7-8,10H,4-6,15H2,1H3,(H,16,17). The molecule has 4 nitrogen and oxygen atoms in total. The maximum atomic E-state index is 12.9. The van der Waals surface area contributed by atoms with Gasteiger partial charge in [0.25, 0.3) is 5.91 Å². The number of carbonyl (C=O) groups excluding carboxylic acids is 1. The Bertz CT molecular complexity index is 451. The van der Waals surface area contributed by atoms with E-state index in [4.69, 9.17) is 10.5 Å². The molecule has 1 aliphatic rings. The predicted molar refractivity (Wildman–Crippen MR) is 66.7 cm³/mol. The number of rotatable bonds is 2. The molecule has 98 valence electrons. The summed E-state index contributed by atoms with van der Waals surface area (Å²) in [6.45, 7) is 2.62. The molecule has 0 saturated carbocycles. The van der Waals surface area contributed by atoms with Crippen molar-refractivity contribution in [2.24, 2.45) is 0 Å². The maximum Gasteiger partial charge on any atom is 0.253 e. The molecule has 0 spiro atoms. The number of halogens is 1.